The second kappa shape index (κ2) is 7.74. The van der Waals surface area contributed by atoms with Crippen molar-refractivity contribution in [3.8, 4) is 17.1 Å². The Kier molecular flexibility index (Phi) is 4.99. The van der Waals surface area contributed by atoms with Gasteiger partial charge in [-0.2, -0.15) is 8.78 Å². The lowest BCUT2D eigenvalue weighted by Gasteiger charge is -2.12. The molecule has 0 spiro atoms. The SMILES string of the molecule is FC(F)Oc1cccc(Nc2nc(-c3cccnc3)nc3ccc(Cl)cc23)c1. The predicted molar refractivity (Wildman–Crippen MR) is 104 cm³/mol. The summed E-state index contributed by atoms with van der Waals surface area (Å²) >= 11 is 6.14. The zero-order valence-corrected chi connectivity index (χ0v) is 15.1. The molecule has 2 heterocycles. The van der Waals surface area contributed by atoms with Gasteiger partial charge >= 0.3 is 6.61 Å². The first kappa shape index (κ1) is 18.1. The second-order valence-corrected chi connectivity index (χ2v) is 6.27. The summed E-state index contributed by atoms with van der Waals surface area (Å²) in [5.41, 5.74) is 1.97. The van der Waals surface area contributed by atoms with E-state index in [1.165, 1.54) is 12.1 Å². The molecule has 4 rings (SSSR count). The lowest BCUT2D eigenvalue weighted by molar-refractivity contribution is -0.0497. The van der Waals surface area contributed by atoms with Crippen molar-refractivity contribution in [3.63, 3.8) is 0 Å². The van der Waals surface area contributed by atoms with Gasteiger partial charge in [-0.15, -0.1) is 0 Å². The van der Waals surface area contributed by atoms with Crippen LogP contribution >= 0.6 is 11.6 Å². The fraction of sp³-hybridized carbons (Fsp3) is 0.0500. The lowest BCUT2D eigenvalue weighted by Crippen LogP contribution is -2.03. The van der Waals surface area contributed by atoms with Crippen LogP contribution in [0.5, 0.6) is 5.75 Å². The van der Waals surface area contributed by atoms with Gasteiger partial charge in [0.15, 0.2) is 5.82 Å². The molecule has 0 aliphatic rings. The van der Waals surface area contributed by atoms with Gasteiger partial charge in [0.1, 0.15) is 11.6 Å². The maximum Gasteiger partial charge on any atom is 0.387 e. The van der Waals surface area contributed by atoms with E-state index in [0.717, 1.165) is 5.56 Å². The zero-order chi connectivity index (χ0) is 19.5. The smallest absolute Gasteiger partial charge is 0.387 e. The number of anilines is 2. The number of hydrogen-bond donors (Lipinski definition) is 1. The van der Waals surface area contributed by atoms with Crippen LogP contribution in [0.15, 0.2) is 67.0 Å². The summed E-state index contributed by atoms with van der Waals surface area (Å²) in [5, 5.41) is 4.37. The fourth-order valence-electron chi connectivity index (χ4n) is 2.71. The maximum atomic E-state index is 12.5. The van der Waals surface area contributed by atoms with Crippen LogP contribution < -0.4 is 10.1 Å². The van der Waals surface area contributed by atoms with E-state index < -0.39 is 6.61 Å². The van der Waals surface area contributed by atoms with Gasteiger partial charge in [0.2, 0.25) is 0 Å². The molecule has 0 aliphatic heterocycles. The van der Waals surface area contributed by atoms with E-state index in [0.29, 0.717) is 33.3 Å². The molecule has 0 atom stereocenters. The Hall–Kier alpha value is -3.32. The van der Waals surface area contributed by atoms with Gasteiger partial charge in [0.05, 0.1) is 5.52 Å². The van der Waals surface area contributed by atoms with Gasteiger partial charge in [0.25, 0.3) is 0 Å². The number of alkyl halides is 2. The number of nitrogens with zero attached hydrogens (tertiary/aromatic N) is 3. The summed E-state index contributed by atoms with van der Waals surface area (Å²) < 4.78 is 29.4. The fourth-order valence-corrected chi connectivity index (χ4v) is 2.88. The maximum absolute atomic E-state index is 12.5. The van der Waals surface area contributed by atoms with E-state index >= 15 is 0 Å². The highest BCUT2D eigenvalue weighted by molar-refractivity contribution is 6.31. The van der Waals surface area contributed by atoms with Crippen molar-refractivity contribution in [3.05, 3.63) is 72.0 Å². The van der Waals surface area contributed by atoms with Crippen molar-refractivity contribution >= 4 is 34.0 Å². The van der Waals surface area contributed by atoms with Crippen molar-refractivity contribution in [2.24, 2.45) is 0 Å². The molecular formula is C20H13ClF2N4O. The summed E-state index contributed by atoms with van der Waals surface area (Å²) in [5.74, 6) is 1.01. The van der Waals surface area contributed by atoms with Crippen LogP contribution in [0.3, 0.4) is 0 Å². The topological polar surface area (TPSA) is 59.9 Å². The molecule has 1 N–H and O–H groups in total. The molecule has 0 saturated carbocycles. The van der Waals surface area contributed by atoms with Gasteiger partial charge in [-0.05, 0) is 42.5 Å². The number of aromatic nitrogens is 3. The summed E-state index contributed by atoms with van der Waals surface area (Å²) in [4.78, 5) is 13.3. The number of fused-ring (bicyclic) bond motifs is 1. The van der Waals surface area contributed by atoms with E-state index in [-0.39, 0.29) is 5.75 Å². The number of ether oxygens (including phenoxy) is 1. The summed E-state index contributed by atoms with van der Waals surface area (Å²) in [6, 6.07) is 15.2. The Labute approximate surface area is 164 Å². The summed E-state index contributed by atoms with van der Waals surface area (Å²) in [6.07, 6.45) is 3.33. The first-order valence-electron chi connectivity index (χ1n) is 8.28. The molecule has 0 unspecified atom stereocenters. The molecule has 0 fully saturated rings. The number of nitrogens with one attached hydrogen (secondary N) is 1. The molecule has 0 radical (unpaired) electrons. The molecule has 140 valence electrons. The predicted octanol–water partition coefficient (Wildman–Crippen LogP) is 5.69. The standard InChI is InChI=1S/C20H13ClF2N4O/c21-13-6-7-17-16(9-13)19(27-18(26-17)12-3-2-8-24-11-12)25-14-4-1-5-15(10-14)28-20(22)23/h1-11,20H,(H,25,26,27). The summed E-state index contributed by atoms with van der Waals surface area (Å²) in [6.45, 7) is -2.90. The highest BCUT2D eigenvalue weighted by atomic mass is 35.5. The number of pyridine rings is 1. The molecule has 28 heavy (non-hydrogen) atoms. The Morgan fingerprint density at radius 3 is 2.68 bits per heavy atom. The van der Waals surface area contributed by atoms with Gasteiger partial charge in [-0.3, -0.25) is 4.98 Å². The average Bonchev–Trinajstić information content (AvgIpc) is 2.69. The van der Waals surface area contributed by atoms with Gasteiger partial charge in [0, 0.05) is 40.1 Å². The minimum Gasteiger partial charge on any atom is -0.435 e. The van der Waals surface area contributed by atoms with E-state index in [1.54, 1.807) is 48.8 Å². The number of benzene rings is 2. The van der Waals surface area contributed by atoms with Crippen LogP contribution in [-0.2, 0) is 0 Å². The Bertz CT molecular complexity index is 1130. The van der Waals surface area contributed by atoms with E-state index in [9.17, 15) is 8.78 Å². The van der Waals surface area contributed by atoms with Crippen LogP contribution in [0, 0.1) is 0 Å². The highest BCUT2D eigenvalue weighted by Gasteiger charge is 2.12. The normalized spacial score (nSPS) is 11.0. The van der Waals surface area contributed by atoms with Crippen molar-refractivity contribution in [1.29, 1.82) is 0 Å². The third-order valence-electron chi connectivity index (χ3n) is 3.90. The van der Waals surface area contributed by atoms with E-state index in [1.807, 2.05) is 6.07 Å². The third kappa shape index (κ3) is 3.99. The molecule has 2 aromatic heterocycles. The summed E-state index contributed by atoms with van der Waals surface area (Å²) in [7, 11) is 0. The quantitative estimate of drug-likeness (QED) is 0.468. The monoisotopic (exact) mass is 398 g/mol. The van der Waals surface area contributed by atoms with Crippen LogP contribution in [0.2, 0.25) is 5.02 Å². The number of rotatable bonds is 5. The van der Waals surface area contributed by atoms with Crippen molar-refractivity contribution in [1.82, 2.24) is 15.0 Å². The van der Waals surface area contributed by atoms with Crippen LogP contribution in [0.25, 0.3) is 22.3 Å². The Morgan fingerprint density at radius 2 is 1.89 bits per heavy atom. The van der Waals surface area contributed by atoms with E-state index in [4.69, 9.17) is 11.6 Å². The van der Waals surface area contributed by atoms with Gasteiger partial charge < -0.3 is 10.1 Å². The van der Waals surface area contributed by atoms with Crippen LogP contribution in [0.4, 0.5) is 20.3 Å². The highest BCUT2D eigenvalue weighted by Crippen LogP contribution is 2.30. The van der Waals surface area contributed by atoms with Gasteiger partial charge in [-0.25, -0.2) is 9.97 Å². The zero-order valence-electron chi connectivity index (χ0n) is 14.3. The minimum absolute atomic E-state index is 0.0453. The average molecular weight is 399 g/mol. The molecule has 0 amide bonds. The molecule has 5 nitrogen and oxygen atoms in total. The molecule has 8 heteroatoms. The lowest BCUT2D eigenvalue weighted by atomic mass is 10.2. The number of halogens is 3. The molecule has 0 saturated heterocycles. The van der Waals surface area contributed by atoms with Crippen LogP contribution in [0.1, 0.15) is 0 Å². The molecular weight excluding hydrogens is 386 g/mol. The minimum atomic E-state index is -2.90. The first-order chi connectivity index (χ1) is 13.6. The third-order valence-corrected chi connectivity index (χ3v) is 4.13. The van der Waals surface area contributed by atoms with Crippen LogP contribution in [-0.4, -0.2) is 21.6 Å². The largest absolute Gasteiger partial charge is 0.435 e. The van der Waals surface area contributed by atoms with Gasteiger partial charge in [-0.1, -0.05) is 17.7 Å². The molecule has 0 aliphatic carbocycles. The Morgan fingerprint density at radius 1 is 1.00 bits per heavy atom. The van der Waals surface area contributed by atoms with Crippen molar-refractivity contribution < 1.29 is 13.5 Å². The van der Waals surface area contributed by atoms with E-state index in [2.05, 4.69) is 25.0 Å². The Balaban J connectivity index is 1.80. The number of hydrogen-bond acceptors (Lipinski definition) is 5. The first-order valence-corrected chi connectivity index (χ1v) is 8.66. The molecule has 0 bridgehead atoms. The van der Waals surface area contributed by atoms with Crippen molar-refractivity contribution in [2.45, 2.75) is 6.61 Å². The molecule has 4 aromatic rings. The molecule has 2 aromatic carbocycles. The van der Waals surface area contributed by atoms with Crippen molar-refractivity contribution in [2.75, 3.05) is 5.32 Å². The second-order valence-electron chi connectivity index (χ2n) is 5.83.